The zero-order valence-electron chi connectivity index (χ0n) is 12.9. The molecule has 1 aromatic carbocycles. The van der Waals surface area contributed by atoms with Gasteiger partial charge in [0.15, 0.2) is 6.61 Å². The Bertz CT molecular complexity index is 625. The molecular formula is C16H18N2O4S2. The number of thioether (sulfide) groups is 2. The average molecular weight is 366 g/mol. The molecular weight excluding hydrogens is 348 g/mol. The van der Waals surface area contributed by atoms with Crippen molar-refractivity contribution in [2.24, 2.45) is 0 Å². The molecule has 3 amide bonds. The highest BCUT2D eigenvalue weighted by Crippen LogP contribution is 2.45. The summed E-state index contributed by atoms with van der Waals surface area (Å²) in [6.07, 6.45) is 1.87. The number of benzene rings is 1. The van der Waals surface area contributed by atoms with E-state index in [2.05, 4.69) is 10.6 Å². The van der Waals surface area contributed by atoms with Crippen molar-refractivity contribution >= 4 is 41.4 Å². The Morgan fingerprint density at radius 2 is 1.75 bits per heavy atom. The molecule has 128 valence electrons. The van der Waals surface area contributed by atoms with Gasteiger partial charge in [-0.3, -0.25) is 10.1 Å². The smallest absolute Gasteiger partial charge is 0.338 e. The van der Waals surface area contributed by atoms with Crippen LogP contribution in [0.5, 0.6) is 0 Å². The minimum atomic E-state index is -0.642. The van der Waals surface area contributed by atoms with E-state index in [-0.39, 0.29) is 6.04 Å². The van der Waals surface area contributed by atoms with E-state index in [1.165, 1.54) is 5.56 Å². The van der Waals surface area contributed by atoms with E-state index in [1.54, 1.807) is 12.1 Å². The second-order valence-corrected chi connectivity index (χ2v) is 8.29. The number of carbonyl (C=O) groups excluding carboxylic acids is 3. The molecule has 2 fully saturated rings. The number of amides is 3. The summed E-state index contributed by atoms with van der Waals surface area (Å²) >= 11 is 3.79. The molecule has 8 heteroatoms. The Morgan fingerprint density at radius 3 is 2.38 bits per heavy atom. The number of hydrogen-bond donors (Lipinski definition) is 2. The van der Waals surface area contributed by atoms with Crippen molar-refractivity contribution in [2.45, 2.75) is 23.5 Å². The Balaban J connectivity index is 1.43. The summed E-state index contributed by atoms with van der Waals surface area (Å²) in [6, 6.07) is 6.85. The molecule has 2 N–H and O–H groups in total. The lowest BCUT2D eigenvalue weighted by Gasteiger charge is -2.09. The van der Waals surface area contributed by atoms with Crippen molar-refractivity contribution in [2.75, 3.05) is 18.1 Å². The molecule has 1 aromatic rings. The predicted molar refractivity (Wildman–Crippen MR) is 94.1 cm³/mol. The summed E-state index contributed by atoms with van der Waals surface area (Å²) in [4.78, 5) is 34.9. The quantitative estimate of drug-likeness (QED) is 0.778. The van der Waals surface area contributed by atoms with Crippen LogP contribution in [-0.4, -0.2) is 42.1 Å². The molecule has 1 aliphatic heterocycles. The molecule has 1 saturated carbocycles. The van der Waals surface area contributed by atoms with E-state index in [4.69, 9.17) is 4.74 Å². The molecule has 0 unspecified atom stereocenters. The van der Waals surface area contributed by atoms with E-state index < -0.39 is 24.5 Å². The fraction of sp³-hybridized carbons (Fsp3) is 0.438. The average Bonchev–Trinajstić information content (AvgIpc) is 3.21. The maximum Gasteiger partial charge on any atom is 0.338 e. The zero-order chi connectivity index (χ0) is 16.9. The fourth-order valence-electron chi connectivity index (χ4n) is 2.15. The van der Waals surface area contributed by atoms with Crippen LogP contribution in [0.2, 0.25) is 0 Å². The second kappa shape index (κ2) is 7.94. The summed E-state index contributed by atoms with van der Waals surface area (Å²) in [6.45, 7) is -0.479. The maximum absolute atomic E-state index is 11.9. The number of ether oxygens (including phenoxy) is 1. The van der Waals surface area contributed by atoms with E-state index in [9.17, 15) is 14.4 Å². The molecule has 1 heterocycles. The Morgan fingerprint density at radius 1 is 1.08 bits per heavy atom. The third kappa shape index (κ3) is 4.91. The zero-order valence-corrected chi connectivity index (χ0v) is 14.6. The molecule has 0 aromatic heterocycles. The Kier molecular flexibility index (Phi) is 5.68. The van der Waals surface area contributed by atoms with Gasteiger partial charge in [-0.2, -0.15) is 0 Å². The van der Waals surface area contributed by atoms with Gasteiger partial charge in [0.1, 0.15) is 0 Å². The molecule has 0 spiro atoms. The van der Waals surface area contributed by atoms with Gasteiger partial charge in [0.25, 0.3) is 5.91 Å². The van der Waals surface area contributed by atoms with E-state index >= 15 is 0 Å². The Hall–Kier alpha value is -1.67. The monoisotopic (exact) mass is 366 g/mol. The molecule has 1 aliphatic carbocycles. The van der Waals surface area contributed by atoms with Gasteiger partial charge >= 0.3 is 12.0 Å². The first-order chi connectivity index (χ1) is 11.6. The molecule has 0 radical (unpaired) electrons. The molecule has 6 nitrogen and oxygen atoms in total. The van der Waals surface area contributed by atoms with Crippen molar-refractivity contribution in [3.63, 3.8) is 0 Å². The van der Waals surface area contributed by atoms with E-state index in [1.807, 2.05) is 35.7 Å². The van der Waals surface area contributed by atoms with Gasteiger partial charge < -0.3 is 10.1 Å². The summed E-state index contributed by atoms with van der Waals surface area (Å²) in [5.74, 6) is 1.06. The summed E-state index contributed by atoms with van der Waals surface area (Å²) < 4.78 is 5.36. The first kappa shape index (κ1) is 17.2. The van der Waals surface area contributed by atoms with Gasteiger partial charge in [0.2, 0.25) is 0 Å². The number of hydrogen-bond acceptors (Lipinski definition) is 6. The molecule has 3 rings (SSSR count). The summed E-state index contributed by atoms with van der Waals surface area (Å²) in [5, 5.41) is 4.75. The fourth-order valence-corrected chi connectivity index (χ4v) is 5.01. The topological polar surface area (TPSA) is 84.5 Å². The maximum atomic E-state index is 11.9. The SMILES string of the molecule is O=C(COC(=O)c1ccc(C2SCCS2)cc1)NC(=O)NC1CC1. The predicted octanol–water partition coefficient (Wildman–Crippen LogP) is 2.31. The largest absolute Gasteiger partial charge is 0.452 e. The van der Waals surface area contributed by atoms with Crippen LogP contribution in [0.1, 0.15) is 33.3 Å². The second-order valence-electron chi connectivity index (χ2n) is 5.57. The van der Waals surface area contributed by atoms with Gasteiger partial charge in [0.05, 0.1) is 10.1 Å². The minimum absolute atomic E-state index is 0.162. The van der Waals surface area contributed by atoms with Gasteiger partial charge in [0, 0.05) is 17.5 Å². The van der Waals surface area contributed by atoms with Gasteiger partial charge in [-0.1, -0.05) is 12.1 Å². The highest BCUT2D eigenvalue weighted by Gasteiger charge is 2.24. The molecule has 24 heavy (non-hydrogen) atoms. The molecule has 0 bridgehead atoms. The normalized spacial score (nSPS) is 17.3. The van der Waals surface area contributed by atoms with Gasteiger partial charge in [-0.15, -0.1) is 23.5 Å². The van der Waals surface area contributed by atoms with Crippen LogP contribution >= 0.6 is 23.5 Å². The number of rotatable bonds is 5. The van der Waals surface area contributed by atoms with E-state index in [0.717, 1.165) is 24.3 Å². The third-order valence-electron chi connectivity index (χ3n) is 3.54. The first-order valence-electron chi connectivity index (χ1n) is 7.72. The van der Waals surface area contributed by atoms with Crippen LogP contribution in [0.15, 0.2) is 24.3 Å². The van der Waals surface area contributed by atoms with Crippen LogP contribution in [0, 0.1) is 0 Å². The number of carbonyl (C=O) groups is 3. The third-order valence-corrected chi connectivity index (χ3v) is 6.64. The highest BCUT2D eigenvalue weighted by atomic mass is 32.2. The number of esters is 1. The molecule has 1 saturated heterocycles. The Labute approximate surface area is 148 Å². The van der Waals surface area contributed by atoms with Gasteiger partial charge in [-0.25, -0.2) is 9.59 Å². The van der Waals surface area contributed by atoms with Crippen molar-refractivity contribution in [1.29, 1.82) is 0 Å². The number of nitrogens with one attached hydrogen (secondary N) is 2. The minimum Gasteiger partial charge on any atom is -0.452 e. The van der Waals surface area contributed by atoms with Crippen LogP contribution in [0.25, 0.3) is 0 Å². The summed E-state index contributed by atoms with van der Waals surface area (Å²) in [7, 11) is 0. The standard InChI is InChI=1S/C16H18N2O4S2/c19-13(18-16(21)17-12-5-6-12)9-22-14(20)10-1-3-11(4-2-10)15-23-7-8-24-15/h1-4,12,15H,5-9H2,(H2,17,18,19,21). The van der Waals surface area contributed by atoms with Crippen molar-refractivity contribution in [3.8, 4) is 0 Å². The van der Waals surface area contributed by atoms with Crippen molar-refractivity contribution in [3.05, 3.63) is 35.4 Å². The highest BCUT2D eigenvalue weighted by molar-refractivity contribution is 8.19. The lowest BCUT2D eigenvalue weighted by atomic mass is 10.1. The van der Waals surface area contributed by atoms with Crippen LogP contribution in [0.3, 0.4) is 0 Å². The molecule has 2 aliphatic rings. The molecule has 0 atom stereocenters. The van der Waals surface area contributed by atoms with Crippen LogP contribution in [-0.2, 0) is 9.53 Å². The van der Waals surface area contributed by atoms with Gasteiger partial charge in [-0.05, 0) is 30.5 Å². The summed E-state index contributed by atoms with van der Waals surface area (Å²) in [5.41, 5.74) is 1.57. The van der Waals surface area contributed by atoms with Crippen LogP contribution < -0.4 is 10.6 Å². The lowest BCUT2D eigenvalue weighted by molar-refractivity contribution is -0.123. The van der Waals surface area contributed by atoms with Crippen molar-refractivity contribution in [1.82, 2.24) is 10.6 Å². The van der Waals surface area contributed by atoms with E-state index in [0.29, 0.717) is 10.1 Å². The number of imide groups is 1. The van der Waals surface area contributed by atoms with Crippen molar-refractivity contribution < 1.29 is 19.1 Å². The first-order valence-corrected chi connectivity index (χ1v) is 9.82. The van der Waals surface area contributed by atoms with Crippen LogP contribution in [0.4, 0.5) is 4.79 Å². The number of urea groups is 1. The lowest BCUT2D eigenvalue weighted by Crippen LogP contribution is -2.42.